The van der Waals surface area contributed by atoms with Crippen LogP contribution in [-0.4, -0.2) is 39.8 Å². The first-order valence-corrected chi connectivity index (χ1v) is 6.47. The first-order valence-electron chi connectivity index (χ1n) is 6.47. The fourth-order valence-corrected chi connectivity index (χ4v) is 1.95. The maximum absolute atomic E-state index is 5.71. The molecule has 1 aliphatic heterocycles. The molecule has 1 aromatic carbocycles. The van der Waals surface area contributed by atoms with E-state index < -0.39 is 0 Å². The van der Waals surface area contributed by atoms with Crippen LogP contribution in [0.5, 0.6) is 17.2 Å². The average molecular weight is 264 g/mol. The summed E-state index contributed by atoms with van der Waals surface area (Å²) in [7, 11) is 3.25. The largest absolute Gasteiger partial charge is 0.493 e. The van der Waals surface area contributed by atoms with Crippen molar-refractivity contribution in [2.45, 2.75) is 13.3 Å². The van der Waals surface area contributed by atoms with E-state index in [0.717, 1.165) is 30.9 Å². The Morgan fingerprint density at radius 2 is 1.89 bits per heavy atom. The summed E-state index contributed by atoms with van der Waals surface area (Å²) in [6, 6.07) is 3.84. The molecule has 0 bridgehead atoms. The molecule has 2 rings (SSSR count). The highest BCUT2D eigenvalue weighted by atomic mass is 16.5. The first-order chi connectivity index (χ1) is 9.30. The van der Waals surface area contributed by atoms with Gasteiger partial charge >= 0.3 is 0 Å². The fourth-order valence-electron chi connectivity index (χ4n) is 1.95. The van der Waals surface area contributed by atoms with Crippen molar-refractivity contribution < 1.29 is 14.2 Å². The summed E-state index contributed by atoms with van der Waals surface area (Å²) in [5.41, 5.74) is 0.954. The lowest BCUT2D eigenvalue weighted by molar-refractivity contribution is 0.275. The summed E-state index contributed by atoms with van der Waals surface area (Å²) < 4.78 is 16.5. The van der Waals surface area contributed by atoms with E-state index in [2.05, 4.69) is 17.2 Å². The zero-order chi connectivity index (χ0) is 13.7. The molecule has 1 heterocycles. The van der Waals surface area contributed by atoms with Gasteiger partial charge in [-0.25, -0.2) is 0 Å². The highest BCUT2D eigenvalue weighted by Gasteiger charge is 2.17. The number of methoxy groups -OCH3 is 2. The standard InChI is InChI=1S/C14H20N2O3/c1-4-7-19-13-11(17-2)8-10(9-12(13)18-3)14-15-5-6-16-14/h8-9H,4-7H2,1-3H3,(H,15,16). The Morgan fingerprint density at radius 3 is 2.37 bits per heavy atom. The summed E-state index contributed by atoms with van der Waals surface area (Å²) >= 11 is 0. The van der Waals surface area contributed by atoms with Gasteiger partial charge in [0.15, 0.2) is 11.5 Å². The molecule has 0 spiro atoms. The van der Waals surface area contributed by atoms with E-state index in [4.69, 9.17) is 14.2 Å². The highest BCUT2D eigenvalue weighted by Crippen LogP contribution is 2.38. The number of ether oxygens (including phenoxy) is 3. The number of hydrogen-bond donors (Lipinski definition) is 1. The van der Waals surface area contributed by atoms with Crippen molar-refractivity contribution in [1.29, 1.82) is 0 Å². The molecule has 0 amide bonds. The number of nitrogens with zero attached hydrogens (tertiary/aromatic N) is 1. The molecular formula is C14H20N2O3. The summed E-state index contributed by atoms with van der Waals surface area (Å²) in [6.07, 6.45) is 0.933. The van der Waals surface area contributed by atoms with Crippen molar-refractivity contribution in [1.82, 2.24) is 5.32 Å². The molecule has 0 saturated heterocycles. The van der Waals surface area contributed by atoms with E-state index in [0.29, 0.717) is 23.9 Å². The Kier molecular flexibility index (Phi) is 4.49. The minimum Gasteiger partial charge on any atom is -0.493 e. The van der Waals surface area contributed by atoms with E-state index in [-0.39, 0.29) is 0 Å². The van der Waals surface area contributed by atoms with Gasteiger partial charge in [-0.2, -0.15) is 0 Å². The van der Waals surface area contributed by atoms with Crippen LogP contribution in [0.1, 0.15) is 18.9 Å². The van der Waals surface area contributed by atoms with Crippen molar-refractivity contribution in [2.75, 3.05) is 33.9 Å². The van der Waals surface area contributed by atoms with Gasteiger partial charge in [0.2, 0.25) is 5.75 Å². The van der Waals surface area contributed by atoms with Crippen molar-refractivity contribution in [2.24, 2.45) is 4.99 Å². The maximum Gasteiger partial charge on any atom is 0.203 e. The maximum atomic E-state index is 5.71. The average Bonchev–Trinajstić information content (AvgIpc) is 2.98. The van der Waals surface area contributed by atoms with Gasteiger partial charge in [-0.15, -0.1) is 0 Å². The Balaban J connectivity index is 2.38. The molecule has 19 heavy (non-hydrogen) atoms. The third-order valence-corrected chi connectivity index (χ3v) is 2.86. The predicted octanol–water partition coefficient (Wildman–Crippen LogP) is 1.84. The summed E-state index contributed by atoms with van der Waals surface area (Å²) in [5, 5.41) is 3.24. The third-order valence-electron chi connectivity index (χ3n) is 2.86. The molecule has 1 N–H and O–H groups in total. The van der Waals surface area contributed by atoms with E-state index in [1.165, 1.54) is 0 Å². The molecule has 0 fully saturated rings. The highest BCUT2D eigenvalue weighted by molar-refractivity contribution is 6.00. The Morgan fingerprint density at radius 1 is 1.21 bits per heavy atom. The summed E-state index contributed by atoms with van der Waals surface area (Å²) in [6.45, 7) is 4.36. The van der Waals surface area contributed by atoms with Gasteiger partial charge in [-0.1, -0.05) is 6.92 Å². The molecule has 5 nitrogen and oxygen atoms in total. The van der Waals surface area contributed by atoms with E-state index in [1.807, 2.05) is 12.1 Å². The number of rotatable bonds is 6. The van der Waals surface area contributed by atoms with Crippen molar-refractivity contribution >= 4 is 5.84 Å². The molecule has 1 aromatic rings. The van der Waals surface area contributed by atoms with E-state index in [1.54, 1.807) is 14.2 Å². The molecule has 0 unspecified atom stereocenters. The van der Waals surface area contributed by atoms with Crippen LogP contribution in [-0.2, 0) is 0 Å². The van der Waals surface area contributed by atoms with Gasteiger partial charge in [-0.3, -0.25) is 4.99 Å². The van der Waals surface area contributed by atoms with Crippen molar-refractivity contribution in [3.8, 4) is 17.2 Å². The van der Waals surface area contributed by atoms with Crippen LogP contribution in [0, 0.1) is 0 Å². The Bertz CT molecular complexity index is 447. The minimum atomic E-state index is 0.630. The molecule has 0 atom stereocenters. The lowest BCUT2D eigenvalue weighted by atomic mass is 10.1. The number of aliphatic imine (C=N–C) groups is 1. The quantitative estimate of drug-likeness (QED) is 0.852. The number of nitrogens with one attached hydrogen (secondary N) is 1. The zero-order valence-electron chi connectivity index (χ0n) is 11.7. The van der Waals surface area contributed by atoms with E-state index in [9.17, 15) is 0 Å². The molecular weight excluding hydrogens is 244 g/mol. The molecule has 0 aromatic heterocycles. The number of benzene rings is 1. The van der Waals surface area contributed by atoms with Gasteiger partial charge in [-0.05, 0) is 18.6 Å². The van der Waals surface area contributed by atoms with Crippen LogP contribution in [0.25, 0.3) is 0 Å². The van der Waals surface area contributed by atoms with Crippen LogP contribution in [0.2, 0.25) is 0 Å². The van der Waals surface area contributed by atoms with Crippen LogP contribution in [0.3, 0.4) is 0 Å². The minimum absolute atomic E-state index is 0.630. The second kappa shape index (κ2) is 6.31. The van der Waals surface area contributed by atoms with Gasteiger partial charge < -0.3 is 19.5 Å². The van der Waals surface area contributed by atoms with Gasteiger partial charge in [0.05, 0.1) is 27.4 Å². The number of hydrogen-bond acceptors (Lipinski definition) is 5. The van der Waals surface area contributed by atoms with Crippen LogP contribution < -0.4 is 19.5 Å². The van der Waals surface area contributed by atoms with Crippen LogP contribution in [0.4, 0.5) is 0 Å². The summed E-state index contributed by atoms with van der Waals surface area (Å²) in [4.78, 5) is 4.40. The Hall–Kier alpha value is -1.91. The molecule has 104 valence electrons. The molecule has 0 aliphatic carbocycles. The summed E-state index contributed by atoms with van der Waals surface area (Å²) in [5.74, 6) is 2.85. The van der Waals surface area contributed by atoms with Gasteiger partial charge in [0, 0.05) is 12.1 Å². The lowest BCUT2D eigenvalue weighted by Crippen LogP contribution is -2.19. The van der Waals surface area contributed by atoms with Crippen LogP contribution in [0.15, 0.2) is 17.1 Å². The van der Waals surface area contributed by atoms with E-state index >= 15 is 0 Å². The SMILES string of the molecule is CCCOc1c(OC)cc(C2=NCCN2)cc1OC. The molecule has 5 heteroatoms. The third kappa shape index (κ3) is 2.92. The monoisotopic (exact) mass is 264 g/mol. The lowest BCUT2D eigenvalue weighted by Gasteiger charge is -2.16. The molecule has 0 radical (unpaired) electrons. The smallest absolute Gasteiger partial charge is 0.203 e. The van der Waals surface area contributed by atoms with Crippen molar-refractivity contribution in [3.05, 3.63) is 17.7 Å². The van der Waals surface area contributed by atoms with Gasteiger partial charge in [0.1, 0.15) is 5.84 Å². The topological polar surface area (TPSA) is 52.1 Å². The fraction of sp³-hybridized carbons (Fsp3) is 0.500. The second-order valence-electron chi connectivity index (χ2n) is 4.22. The zero-order valence-corrected chi connectivity index (χ0v) is 11.7. The van der Waals surface area contributed by atoms with Crippen molar-refractivity contribution in [3.63, 3.8) is 0 Å². The number of amidine groups is 1. The normalized spacial score (nSPS) is 13.7. The second-order valence-corrected chi connectivity index (χ2v) is 4.22. The predicted molar refractivity (Wildman–Crippen MR) is 74.7 cm³/mol. The van der Waals surface area contributed by atoms with Gasteiger partial charge in [0.25, 0.3) is 0 Å². The molecule has 0 saturated carbocycles. The van der Waals surface area contributed by atoms with Crippen LogP contribution >= 0.6 is 0 Å². The molecule has 1 aliphatic rings. The first kappa shape index (κ1) is 13.5. The Labute approximate surface area is 113 Å².